The lowest BCUT2D eigenvalue weighted by molar-refractivity contribution is 0.100. The lowest BCUT2D eigenvalue weighted by Gasteiger charge is -2.26. The van der Waals surface area contributed by atoms with Crippen LogP contribution in [0.2, 0.25) is 0 Å². The van der Waals surface area contributed by atoms with Crippen LogP contribution in [0.3, 0.4) is 0 Å². The monoisotopic (exact) mass is 431 g/mol. The third-order valence-corrected chi connectivity index (χ3v) is 5.65. The van der Waals surface area contributed by atoms with Gasteiger partial charge in [0, 0.05) is 43.1 Å². The van der Waals surface area contributed by atoms with E-state index in [1.165, 1.54) is 16.9 Å². The van der Waals surface area contributed by atoms with Gasteiger partial charge in [-0.1, -0.05) is 30.3 Å². The standard InChI is InChI=1S/C23H22FN7O/c1-30-8-7-19-18(13-30)22(26-11-14-5-3-2-4-6-14)29-23(28-19)31-20-10-15(24)9-16(21(25)32)17(20)12-27-31/h2-6,9-10,12H,7-8,11,13H2,1H3,(H2,25,32)(H,26,28,29). The third-order valence-electron chi connectivity index (χ3n) is 5.65. The molecule has 0 spiro atoms. The summed E-state index contributed by atoms with van der Waals surface area (Å²) < 4.78 is 15.7. The van der Waals surface area contributed by atoms with Crippen molar-refractivity contribution in [3.63, 3.8) is 0 Å². The fourth-order valence-corrected chi connectivity index (χ4v) is 4.01. The normalized spacial score (nSPS) is 13.8. The molecule has 0 saturated heterocycles. The van der Waals surface area contributed by atoms with Gasteiger partial charge >= 0.3 is 0 Å². The second kappa shape index (κ2) is 8.01. The van der Waals surface area contributed by atoms with Gasteiger partial charge in [0.05, 0.1) is 23.0 Å². The van der Waals surface area contributed by atoms with Crippen LogP contribution in [-0.4, -0.2) is 44.1 Å². The van der Waals surface area contributed by atoms with Crippen molar-refractivity contribution in [2.45, 2.75) is 19.5 Å². The number of likely N-dealkylation sites (N-methyl/N-ethyl adjacent to an activating group) is 1. The average molecular weight is 431 g/mol. The van der Waals surface area contributed by atoms with Crippen molar-refractivity contribution in [3.05, 3.63) is 76.9 Å². The van der Waals surface area contributed by atoms with Crippen LogP contribution >= 0.6 is 0 Å². The van der Waals surface area contributed by atoms with E-state index < -0.39 is 11.7 Å². The van der Waals surface area contributed by atoms with Crippen LogP contribution in [0, 0.1) is 5.82 Å². The number of hydrogen-bond acceptors (Lipinski definition) is 6. The Labute approximate surface area is 183 Å². The van der Waals surface area contributed by atoms with E-state index in [0.29, 0.717) is 23.4 Å². The highest BCUT2D eigenvalue weighted by Gasteiger charge is 2.23. The lowest BCUT2D eigenvalue weighted by atomic mass is 10.1. The van der Waals surface area contributed by atoms with Crippen molar-refractivity contribution in [1.82, 2.24) is 24.6 Å². The molecule has 0 unspecified atom stereocenters. The summed E-state index contributed by atoms with van der Waals surface area (Å²) in [5.41, 5.74) is 9.00. The first-order valence-corrected chi connectivity index (χ1v) is 10.3. The Morgan fingerprint density at radius 2 is 2.03 bits per heavy atom. The van der Waals surface area contributed by atoms with Gasteiger partial charge in [-0.15, -0.1) is 0 Å². The van der Waals surface area contributed by atoms with Gasteiger partial charge < -0.3 is 16.0 Å². The Balaban J connectivity index is 1.61. The summed E-state index contributed by atoms with van der Waals surface area (Å²) in [6.07, 6.45) is 2.25. The average Bonchev–Trinajstić information content (AvgIpc) is 3.21. The minimum Gasteiger partial charge on any atom is -0.366 e. The van der Waals surface area contributed by atoms with E-state index in [4.69, 9.17) is 15.7 Å². The first kappa shape index (κ1) is 20.1. The fraction of sp³-hybridized carbons (Fsp3) is 0.217. The number of halogens is 1. The molecule has 2 aromatic heterocycles. The number of nitrogens with one attached hydrogen (secondary N) is 1. The van der Waals surface area contributed by atoms with Gasteiger partial charge in [-0.2, -0.15) is 14.8 Å². The molecular weight excluding hydrogens is 409 g/mol. The van der Waals surface area contributed by atoms with E-state index in [1.807, 2.05) is 30.3 Å². The Kier molecular flexibility index (Phi) is 5.02. The quantitative estimate of drug-likeness (QED) is 0.504. The first-order valence-electron chi connectivity index (χ1n) is 10.3. The number of carbonyl (C=O) groups excluding carboxylic acids is 1. The summed E-state index contributed by atoms with van der Waals surface area (Å²) in [6, 6.07) is 12.5. The molecule has 2 aromatic carbocycles. The number of rotatable bonds is 5. The molecule has 0 fully saturated rings. The summed E-state index contributed by atoms with van der Waals surface area (Å²) in [5.74, 6) is -0.251. The van der Waals surface area contributed by atoms with Crippen LogP contribution in [0.4, 0.5) is 10.2 Å². The molecule has 0 aliphatic carbocycles. The molecule has 3 heterocycles. The molecule has 0 bridgehead atoms. The minimum absolute atomic E-state index is 0.0771. The van der Waals surface area contributed by atoms with Crippen LogP contribution < -0.4 is 11.1 Å². The molecule has 4 aromatic rings. The molecule has 162 valence electrons. The number of nitrogens with two attached hydrogens (primary N) is 1. The molecule has 32 heavy (non-hydrogen) atoms. The van der Waals surface area contributed by atoms with Crippen molar-refractivity contribution in [1.29, 1.82) is 0 Å². The Bertz CT molecular complexity index is 1320. The van der Waals surface area contributed by atoms with Gasteiger partial charge in [-0.05, 0) is 18.7 Å². The van der Waals surface area contributed by atoms with Gasteiger partial charge in [0.2, 0.25) is 5.91 Å². The Morgan fingerprint density at radius 1 is 1.22 bits per heavy atom. The molecule has 0 saturated carbocycles. The van der Waals surface area contributed by atoms with E-state index in [9.17, 15) is 9.18 Å². The fourth-order valence-electron chi connectivity index (χ4n) is 4.01. The molecule has 1 amide bonds. The van der Waals surface area contributed by atoms with E-state index in [-0.39, 0.29) is 5.56 Å². The lowest BCUT2D eigenvalue weighted by Crippen LogP contribution is -2.29. The third kappa shape index (κ3) is 3.67. The maximum atomic E-state index is 14.2. The number of hydrogen-bond donors (Lipinski definition) is 2. The summed E-state index contributed by atoms with van der Waals surface area (Å²) in [7, 11) is 2.06. The zero-order valence-electron chi connectivity index (χ0n) is 17.5. The molecule has 9 heteroatoms. The van der Waals surface area contributed by atoms with Crippen LogP contribution in [0.15, 0.2) is 48.7 Å². The molecule has 3 N–H and O–H groups in total. The highest BCUT2D eigenvalue weighted by molar-refractivity contribution is 6.05. The Morgan fingerprint density at radius 3 is 2.81 bits per heavy atom. The number of aromatic nitrogens is 4. The van der Waals surface area contributed by atoms with Gasteiger partial charge in [0.1, 0.15) is 11.6 Å². The number of fused-ring (bicyclic) bond motifs is 2. The zero-order valence-corrected chi connectivity index (χ0v) is 17.5. The topological polar surface area (TPSA) is 102 Å². The Hall–Kier alpha value is -3.85. The van der Waals surface area contributed by atoms with Crippen molar-refractivity contribution in [2.75, 3.05) is 18.9 Å². The van der Waals surface area contributed by atoms with Crippen LogP contribution in [-0.2, 0) is 19.5 Å². The smallest absolute Gasteiger partial charge is 0.253 e. The van der Waals surface area contributed by atoms with E-state index >= 15 is 0 Å². The van der Waals surface area contributed by atoms with Crippen LogP contribution in [0.25, 0.3) is 16.9 Å². The number of amides is 1. The van der Waals surface area contributed by atoms with E-state index in [0.717, 1.165) is 48.2 Å². The van der Waals surface area contributed by atoms with Crippen molar-refractivity contribution < 1.29 is 9.18 Å². The van der Waals surface area contributed by atoms with Crippen LogP contribution in [0.5, 0.6) is 0 Å². The molecular formula is C23H22FN7O. The van der Waals surface area contributed by atoms with E-state index in [1.54, 1.807) is 0 Å². The van der Waals surface area contributed by atoms with Gasteiger partial charge in [-0.25, -0.2) is 9.37 Å². The predicted octanol–water partition coefficient (Wildman–Crippen LogP) is 2.65. The van der Waals surface area contributed by atoms with Crippen LogP contribution in [0.1, 0.15) is 27.2 Å². The predicted molar refractivity (Wildman–Crippen MR) is 119 cm³/mol. The summed E-state index contributed by atoms with van der Waals surface area (Å²) >= 11 is 0. The molecule has 5 rings (SSSR count). The number of anilines is 1. The number of carbonyl (C=O) groups is 1. The van der Waals surface area contributed by atoms with Gasteiger partial charge in [0.15, 0.2) is 0 Å². The minimum atomic E-state index is -0.714. The summed E-state index contributed by atoms with van der Waals surface area (Å²) in [4.78, 5) is 23.5. The van der Waals surface area contributed by atoms with Crippen molar-refractivity contribution in [3.8, 4) is 5.95 Å². The largest absolute Gasteiger partial charge is 0.366 e. The highest BCUT2D eigenvalue weighted by atomic mass is 19.1. The maximum absolute atomic E-state index is 14.2. The summed E-state index contributed by atoms with van der Waals surface area (Å²) in [5, 5.41) is 8.24. The summed E-state index contributed by atoms with van der Waals surface area (Å²) in [6.45, 7) is 2.21. The molecule has 1 aliphatic heterocycles. The van der Waals surface area contributed by atoms with Gasteiger partial charge in [-0.3, -0.25) is 4.79 Å². The second-order valence-electron chi connectivity index (χ2n) is 7.93. The molecule has 0 atom stereocenters. The first-order chi connectivity index (χ1) is 15.5. The van der Waals surface area contributed by atoms with Crippen molar-refractivity contribution in [2.24, 2.45) is 5.73 Å². The molecule has 0 radical (unpaired) electrons. The number of nitrogens with zero attached hydrogens (tertiary/aromatic N) is 5. The van der Waals surface area contributed by atoms with Crippen molar-refractivity contribution >= 4 is 22.6 Å². The molecule has 8 nitrogen and oxygen atoms in total. The molecule has 1 aliphatic rings. The highest BCUT2D eigenvalue weighted by Crippen LogP contribution is 2.27. The SMILES string of the molecule is CN1CCc2nc(-n3ncc4c(C(N)=O)cc(F)cc43)nc(NCc3ccccc3)c2C1. The maximum Gasteiger partial charge on any atom is 0.253 e. The van der Waals surface area contributed by atoms with E-state index in [2.05, 4.69) is 22.4 Å². The zero-order chi connectivity index (χ0) is 22.2. The number of primary amides is 1. The second-order valence-corrected chi connectivity index (χ2v) is 7.93. The number of benzene rings is 2. The van der Waals surface area contributed by atoms with Gasteiger partial charge in [0.25, 0.3) is 5.95 Å².